The van der Waals surface area contributed by atoms with Gasteiger partial charge in [0.25, 0.3) is 11.8 Å². The van der Waals surface area contributed by atoms with Crippen LogP contribution < -0.4 is 16.4 Å². The third-order valence-corrected chi connectivity index (χ3v) is 3.72. The van der Waals surface area contributed by atoms with E-state index in [9.17, 15) is 9.59 Å². The summed E-state index contributed by atoms with van der Waals surface area (Å²) in [7, 11) is 0. The van der Waals surface area contributed by atoms with E-state index < -0.39 is 0 Å². The van der Waals surface area contributed by atoms with Crippen LogP contribution in [0, 0.1) is 0 Å². The fraction of sp³-hybridized carbons (Fsp3) is 0.250. The average molecular weight is 379 g/mol. The second kappa shape index (κ2) is 7.94. The Labute approximate surface area is 143 Å². The number of halogens is 1. The monoisotopic (exact) mass is 378 g/mol. The van der Waals surface area contributed by atoms with Crippen LogP contribution in [0.15, 0.2) is 41.0 Å². The van der Waals surface area contributed by atoms with Gasteiger partial charge in [0.1, 0.15) is 5.69 Å². The largest absolute Gasteiger partial charge is 0.351 e. The van der Waals surface area contributed by atoms with Gasteiger partial charge in [0.05, 0.1) is 11.3 Å². The molecule has 0 aliphatic rings. The summed E-state index contributed by atoms with van der Waals surface area (Å²) in [5.41, 5.74) is 6.79. The fourth-order valence-electron chi connectivity index (χ4n) is 2.18. The summed E-state index contributed by atoms with van der Waals surface area (Å²) in [6.45, 7) is 3.37. The van der Waals surface area contributed by atoms with Crippen molar-refractivity contribution in [3.05, 3.63) is 52.3 Å². The number of carbonyl (C=O) groups excluding carboxylic acids is 2. The van der Waals surface area contributed by atoms with Crippen LogP contribution in [-0.2, 0) is 6.54 Å². The summed E-state index contributed by atoms with van der Waals surface area (Å²) < 4.78 is 2.66. The standard InChI is InChI=1S/C16H19BrN4O2/c1-2-21-10-11(17)9-14(21)16(23)20-13-6-4-3-5-12(13)15(22)19-8-7-18/h3-6,9-10H,2,7-8,18H2,1H3,(H,19,22)(H,20,23). The maximum absolute atomic E-state index is 12.5. The first-order valence-corrected chi connectivity index (χ1v) is 8.10. The van der Waals surface area contributed by atoms with Gasteiger partial charge in [-0.3, -0.25) is 9.59 Å². The van der Waals surface area contributed by atoms with Crippen molar-refractivity contribution in [2.24, 2.45) is 5.73 Å². The van der Waals surface area contributed by atoms with E-state index in [1.54, 1.807) is 30.3 Å². The highest BCUT2D eigenvalue weighted by Gasteiger charge is 2.16. The van der Waals surface area contributed by atoms with Gasteiger partial charge < -0.3 is 20.9 Å². The first kappa shape index (κ1) is 17.2. The van der Waals surface area contributed by atoms with E-state index in [1.165, 1.54) is 0 Å². The predicted octanol–water partition coefficient (Wildman–Crippen LogP) is 2.21. The summed E-state index contributed by atoms with van der Waals surface area (Å²) in [4.78, 5) is 24.6. The fourth-order valence-corrected chi connectivity index (χ4v) is 2.65. The number of nitrogens with one attached hydrogen (secondary N) is 2. The molecule has 1 heterocycles. The van der Waals surface area contributed by atoms with E-state index in [-0.39, 0.29) is 11.8 Å². The SMILES string of the molecule is CCn1cc(Br)cc1C(=O)Nc1ccccc1C(=O)NCCN. The second-order valence-corrected chi connectivity index (χ2v) is 5.79. The van der Waals surface area contributed by atoms with E-state index in [0.29, 0.717) is 36.6 Å². The van der Waals surface area contributed by atoms with E-state index in [2.05, 4.69) is 26.6 Å². The molecule has 2 aromatic rings. The molecule has 0 aliphatic carbocycles. The maximum atomic E-state index is 12.5. The zero-order chi connectivity index (χ0) is 16.8. The molecule has 7 heteroatoms. The lowest BCUT2D eigenvalue weighted by Crippen LogP contribution is -2.30. The second-order valence-electron chi connectivity index (χ2n) is 4.87. The summed E-state index contributed by atoms with van der Waals surface area (Å²) in [5.74, 6) is -0.532. The quantitative estimate of drug-likeness (QED) is 0.719. The number of rotatable bonds is 6. The van der Waals surface area contributed by atoms with E-state index in [4.69, 9.17) is 5.73 Å². The van der Waals surface area contributed by atoms with Gasteiger partial charge in [-0.05, 0) is 41.1 Å². The van der Waals surface area contributed by atoms with E-state index in [0.717, 1.165) is 4.47 Å². The molecule has 0 atom stereocenters. The van der Waals surface area contributed by atoms with Crippen LogP contribution in [-0.4, -0.2) is 29.5 Å². The Morgan fingerprint density at radius 3 is 2.70 bits per heavy atom. The molecule has 0 unspecified atom stereocenters. The third-order valence-electron chi connectivity index (χ3n) is 3.29. The summed E-state index contributed by atoms with van der Waals surface area (Å²) in [6, 6.07) is 8.62. The van der Waals surface area contributed by atoms with E-state index >= 15 is 0 Å². The van der Waals surface area contributed by atoms with Gasteiger partial charge in [0, 0.05) is 30.3 Å². The average Bonchev–Trinajstić information content (AvgIpc) is 2.94. The number of hydrogen-bond acceptors (Lipinski definition) is 3. The topological polar surface area (TPSA) is 89.2 Å². The molecule has 4 N–H and O–H groups in total. The molecule has 0 aliphatic heterocycles. The number of anilines is 1. The van der Waals surface area contributed by atoms with Crippen LogP contribution in [0.25, 0.3) is 0 Å². The van der Waals surface area contributed by atoms with Crippen LogP contribution in [0.4, 0.5) is 5.69 Å². The Morgan fingerprint density at radius 1 is 1.26 bits per heavy atom. The van der Waals surface area contributed by atoms with Crippen molar-refractivity contribution in [2.75, 3.05) is 18.4 Å². The van der Waals surface area contributed by atoms with Gasteiger partial charge in [0.2, 0.25) is 0 Å². The number of nitrogens with zero attached hydrogens (tertiary/aromatic N) is 1. The molecule has 0 fully saturated rings. The van der Waals surface area contributed by atoms with Crippen molar-refractivity contribution in [2.45, 2.75) is 13.5 Å². The number of nitrogens with two attached hydrogens (primary N) is 1. The minimum absolute atomic E-state index is 0.265. The maximum Gasteiger partial charge on any atom is 0.272 e. The molecule has 1 aromatic heterocycles. The lowest BCUT2D eigenvalue weighted by atomic mass is 10.1. The molecule has 1 aromatic carbocycles. The van der Waals surface area contributed by atoms with Gasteiger partial charge in [-0.2, -0.15) is 0 Å². The molecule has 2 rings (SSSR count). The summed E-state index contributed by atoms with van der Waals surface area (Å²) in [6.07, 6.45) is 1.84. The lowest BCUT2D eigenvalue weighted by Gasteiger charge is -2.12. The molecule has 6 nitrogen and oxygen atoms in total. The third kappa shape index (κ3) is 4.20. The van der Waals surface area contributed by atoms with Crippen LogP contribution in [0.1, 0.15) is 27.8 Å². The lowest BCUT2D eigenvalue weighted by molar-refractivity contribution is 0.0955. The number of benzene rings is 1. The Kier molecular flexibility index (Phi) is 5.95. The van der Waals surface area contributed by atoms with Gasteiger partial charge in [-0.25, -0.2) is 0 Å². The van der Waals surface area contributed by atoms with Crippen molar-refractivity contribution >= 4 is 33.4 Å². The van der Waals surface area contributed by atoms with Gasteiger partial charge in [-0.15, -0.1) is 0 Å². The van der Waals surface area contributed by atoms with Crippen LogP contribution in [0.3, 0.4) is 0 Å². The molecular weight excluding hydrogens is 360 g/mol. The Bertz CT molecular complexity index is 712. The van der Waals surface area contributed by atoms with Crippen molar-refractivity contribution in [1.29, 1.82) is 0 Å². The van der Waals surface area contributed by atoms with Gasteiger partial charge in [0.15, 0.2) is 0 Å². The number of aryl methyl sites for hydroxylation is 1. The molecule has 0 saturated heterocycles. The smallest absolute Gasteiger partial charge is 0.272 e. The van der Waals surface area contributed by atoms with Crippen molar-refractivity contribution in [1.82, 2.24) is 9.88 Å². The Morgan fingerprint density at radius 2 is 2.00 bits per heavy atom. The molecule has 2 amide bonds. The number of amides is 2. The molecule has 23 heavy (non-hydrogen) atoms. The molecular formula is C16H19BrN4O2. The highest BCUT2D eigenvalue weighted by molar-refractivity contribution is 9.10. The number of hydrogen-bond donors (Lipinski definition) is 3. The zero-order valence-corrected chi connectivity index (χ0v) is 14.4. The van der Waals surface area contributed by atoms with Gasteiger partial charge >= 0.3 is 0 Å². The summed E-state index contributed by atoms with van der Waals surface area (Å²) in [5, 5.41) is 5.50. The van der Waals surface area contributed by atoms with Crippen molar-refractivity contribution in [3.63, 3.8) is 0 Å². The normalized spacial score (nSPS) is 10.4. The molecule has 0 bridgehead atoms. The Hall–Kier alpha value is -2.12. The predicted molar refractivity (Wildman–Crippen MR) is 93.6 cm³/mol. The molecule has 122 valence electrons. The number of para-hydroxylation sites is 1. The molecule has 0 radical (unpaired) electrons. The number of aromatic nitrogens is 1. The molecule has 0 saturated carbocycles. The van der Waals surface area contributed by atoms with Gasteiger partial charge in [-0.1, -0.05) is 12.1 Å². The van der Waals surface area contributed by atoms with Crippen LogP contribution >= 0.6 is 15.9 Å². The van der Waals surface area contributed by atoms with Crippen LogP contribution in [0.2, 0.25) is 0 Å². The zero-order valence-electron chi connectivity index (χ0n) is 12.8. The van der Waals surface area contributed by atoms with E-state index in [1.807, 2.05) is 17.7 Å². The Balaban J connectivity index is 2.22. The highest BCUT2D eigenvalue weighted by Crippen LogP contribution is 2.19. The highest BCUT2D eigenvalue weighted by atomic mass is 79.9. The van der Waals surface area contributed by atoms with Crippen molar-refractivity contribution in [3.8, 4) is 0 Å². The first-order valence-electron chi connectivity index (χ1n) is 7.31. The molecule has 0 spiro atoms. The minimum Gasteiger partial charge on any atom is -0.351 e. The summed E-state index contributed by atoms with van der Waals surface area (Å²) >= 11 is 3.37. The van der Waals surface area contributed by atoms with Crippen LogP contribution in [0.5, 0.6) is 0 Å². The number of carbonyl (C=O) groups is 2. The minimum atomic E-state index is -0.267. The van der Waals surface area contributed by atoms with Crippen molar-refractivity contribution < 1.29 is 9.59 Å². The first-order chi connectivity index (χ1) is 11.1.